The fourth-order valence-corrected chi connectivity index (χ4v) is 9.84. The first-order valence-corrected chi connectivity index (χ1v) is 21.5. The van der Waals surface area contributed by atoms with Gasteiger partial charge in [-0.1, -0.05) is 54.6 Å². The Morgan fingerprint density at radius 3 is 2.28 bits per heavy atom. The summed E-state index contributed by atoms with van der Waals surface area (Å²) in [7, 11) is -2.67. The average Bonchev–Trinajstić information content (AvgIpc) is 3.94. The van der Waals surface area contributed by atoms with E-state index in [4.69, 9.17) is 9.73 Å². The van der Waals surface area contributed by atoms with Crippen LogP contribution in [0.5, 0.6) is 0 Å². The second-order valence-corrected chi connectivity index (χ2v) is 17.6. The number of amides is 1. The number of hydrogen-bond donors (Lipinski definition) is 4. The standard InChI is InChI=1S/C45H40N8O6S2/c1-24-6-19-35(42-39(24)33(21-46)22-47-42)52-61(57,58)34-17-15-30(16-18-34)37(23-54)49-44(56)32-13-9-29(10-14-32)28-7-11-31(12-8-28)41-40-25(2)26(3)60-45(40)53-27(4)50-51-43(53)36(48-41)20-38(55)59-5/h6-19,22,36-37,47,52,54H,20,23H2,1-5H3,(H,49,56)/t36-,37?/m0/s1. The summed E-state index contributed by atoms with van der Waals surface area (Å²) in [4.78, 5) is 35.1. The third-order valence-electron chi connectivity index (χ3n) is 11.0. The highest BCUT2D eigenvalue weighted by Crippen LogP contribution is 2.40. The highest BCUT2D eigenvalue weighted by molar-refractivity contribution is 7.92. The van der Waals surface area contributed by atoms with Gasteiger partial charge in [0.1, 0.15) is 22.9 Å². The van der Waals surface area contributed by atoms with Gasteiger partial charge in [-0.2, -0.15) is 5.26 Å². The number of esters is 1. The number of thiophene rings is 1. The van der Waals surface area contributed by atoms with Crippen LogP contribution in [0.1, 0.15) is 78.8 Å². The predicted octanol–water partition coefficient (Wildman–Crippen LogP) is 7.30. The number of H-pyrrole nitrogens is 1. The number of nitriles is 1. The summed E-state index contributed by atoms with van der Waals surface area (Å²) in [6.07, 6.45) is 1.55. The number of aliphatic imine (C=N–C) groups is 1. The highest BCUT2D eigenvalue weighted by atomic mass is 32.2. The Bertz CT molecular complexity index is 3030. The number of anilines is 1. The minimum absolute atomic E-state index is 0.0101. The quantitative estimate of drug-likeness (QED) is 0.0963. The number of benzene rings is 4. The van der Waals surface area contributed by atoms with Gasteiger partial charge in [-0.05, 0) is 85.8 Å². The maximum Gasteiger partial charge on any atom is 0.308 e. The lowest BCUT2D eigenvalue weighted by Crippen LogP contribution is -2.30. The molecule has 0 spiro atoms. The fourth-order valence-electron chi connectivity index (χ4n) is 7.55. The number of aromatic nitrogens is 4. The third kappa shape index (κ3) is 7.59. The van der Waals surface area contributed by atoms with Crippen LogP contribution in [0.4, 0.5) is 5.69 Å². The molecule has 2 atom stereocenters. The van der Waals surface area contributed by atoms with E-state index in [9.17, 15) is 28.4 Å². The first-order chi connectivity index (χ1) is 29.3. The molecule has 308 valence electrons. The molecular formula is C45H40N8O6S2. The highest BCUT2D eigenvalue weighted by Gasteiger charge is 2.33. The fraction of sp³-hybridized carbons (Fsp3) is 0.200. The molecule has 8 rings (SSSR count). The third-order valence-corrected chi connectivity index (χ3v) is 13.5. The van der Waals surface area contributed by atoms with Crippen molar-refractivity contribution in [2.45, 2.75) is 51.1 Å². The van der Waals surface area contributed by atoms with Crippen LogP contribution in [0.3, 0.4) is 0 Å². The van der Waals surface area contributed by atoms with Crippen molar-refractivity contribution in [3.8, 4) is 22.2 Å². The molecule has 1 aliphatic heterocycles. The van der Waals surface area contributed by atoms with Gasteiger partial charge in [0.05, 0.1) is 53.6 Å². The molecule has 1 aliphatic rings. The topological polar surface area (TPSA) is 204 Å². The molecule has 61 heavy (non-hydrogen) atoms. The van der Waals surface area contributed by atoms with Crippen molar-refractivity contribution in [2.75, 3.05) is 18.4 Å². The van der Waals surface area contributed by atoms with Crippen molar-refractivity contribution in [1.29, 1.82) is 5.26 Å². The van der Waals surface area contributed by atoms with Gasteiger partial charge in [-0.3, -0.25) is 23.9 Å². The van der Waals surface area contributed by atoms with E-state index in [-0.39, 0.29) is 11.3 Å². The number of carbonyl (C=O) groups excluding carboxylic acids is 2. The number of rotatable bonds is 11. The molecule has 1 unspecified atom stereocenters. The van der Waals surface area contributed by atoms with Crippen LogP contribution in [-0.4, -0.2) is 64.6 Å². The zero-order chi connectivity index (χ0) is 43.2. The molecule has 3 aromatic heterocycles. The molecule has 0 saturated heterocycles. The average molecular weight is 853 g/mol. The van der Waals surface area contributed by atoms with E-state index in [0.717, 1.165) is 49.0 Å². The molecule has 1 amide bonds. The van der Waals surface area contributed by atoms with Gasteiger partial charge in [-0.25, -0.2) is 8.42 Å². The number of aryl methyl sites for hydroxylation is 3. The summed E-state index contributed by atoms with van der Waals surface area (Å²) in [5, 5.41) is 32.9. The van der Waals surface area contributed by atoms with Crippen LogP contribution in [0.2, 0.25) is 0 Å². The van der Waals surface area contributed by atoms with Gasteiger partial charge in [0.25, 0.3) is 15.9 Å². The summed E-state index contributed by atoms with van der Waals surface area (Å²) < 4.78 is 36.3. The normalized spacial score (nSPS) is 14.0. The van der Waals surface area contributed by atoms with Crippen LogP contribution in [0.25, 0.3) is 27.0 Å². The number of aliphatic hydroxyl groups is 1. The molecule has 0 bridgehead atoms. The summed E-state index contributed by atoms with van der Waals surface area (Å²) in [6, 6.07) is 25.0. The Morgan fingerprint density at radius 1 is 0.951 bits per heavy atom. The number of fused-ring (bicyclic) bond motifs is 4. The lowest BCUT2D eigenvalue weighted by Gasteiger charge is -2.18. The first kappa shape index (κ1) is 40.8. The second kappa shape index (κ2) is 16.3. The minimum atomic E-state index is -4.03. The zero-order valence-electron chi connectivity index (χ0n) is 33.8. The van der Waals surface area contributed by atoms with E-state index in [2.05, 4.69) is 45.1 Å². The lowest BCUT2D eigenvalue weighted by molar-refractivity contribution is -0.141. The number of carbonyl (C=O) groups is 2. The van der Waals surface area contributed by atoms with E-state index in [1.54, 1.807) is 53.9 Å². The number of methoxy groups -OCH3 is 1. The number of nitrogens with one attached hydrogen (secondary N) is 3. The number of sulfonamides is 1. The molecular weight excluding hydrogens is 813 g/mol. The molecule has 4 N–H and O–H groups in total. The molecule has 16 heteroatoms. The Labute approximate surface area is 355 Å². The Kier molecular flexibility index (Phi) is 10.9. The van der Waals surface area contributed by atoms with Crippen molar-refractivity contribution in [3.63, 3.8) is 0 Å². The van der Waals surface area contributed by atoms with Gasteiger partial charge in [-0.15, -0.1) is 21.5 Å². The SMILES string of the molecule is COC(=O)C[C@@H]1N=C(c2ccc(-c3ccc(C(=O)NC(CO)c4ccc(S(=O)(=O)Nc5ccc(C)c6c(C#N)c[nH]c56)cc4)cc3)cc2)c2c(sc(C)c2C)-n2c(C)nnc21. The minimum Gasteiger partial charge on any atom is -0.469 e. The van der Waals surface area contributed by atoms with Gasteiger partial charge in [0.2, 0.25) is 0 Å². The van der Waals surface area contributed by atoms with Gasteiger partial charge < -0.3 is 20.1 Å². The summed E-state index contributed by atoms with van der Waals surface area (Å²) in [5.74, 6) is 0.470. The van der Waals surface area contributed by atoms with Gasteiger partial charge in [0.15, 0.2) is 5.82 Å². The van der Waals surface area contributed by atoms with Crippen LogP contribution >= 0.6 is 11.3 Å². The van der Waals surface area contributed by atoms with Crippen LogP contribution in [-0.2, 0) is 19.6 Å². The largest absolute Gasteiger partial charge is 0.469 e. The van der Waals surface area contributed by atoms with E-state index in [1.165, 1.54) is 19.2 Å². The number of ether oxygens (including phenoxy) is 1. The van der Waals surface area contributed by atoms with Crippen LogP contribution in [0, 0.1) is 39.0 Å². The second-order valence-electron chi connectivity index (χ2n) is 14.7. The monoisotopic (exact) mass is 852 g/mol. The van der Waals surface area contributed by atoms with E-state index in [1.807, 2.05) is 54.8 Å². The Balaban J connectivity index is 0.973. The maximum absolute atomic E-state index is 13.4. The molecule has 7 aromatic rings. The number of aliphatic hydroxyl groups excluding tert-OH is 1. The van der Waals surface area contributed by atoms with Crippen molar-refractivity contribution < 1.29 is 27.9 Å². The molecule has 14 nitrogen and oxygen atoms in total. The van der Waals surface area contributed by atoms with Gasteiger partial charge in [0, 0.05) is 33.2 Å². The van der Waals surface area contributed by atoms with E-state index < -0.39 is 40.6 Å². The summed E-state index contributed by atoms with van der Waals surface area (Å²) >= 11 is 1.63. The molecule has 0 saturated carbocycles. The van der Waals surface area contributed by atoms with Crippen molar-refractivity contribution in [2.24, 2.45) is 4.99 Å². The van der Waals surface area contributed by atoms with Crippen LogP contribution < -0.4 is 10.0 Å². The Hall–Kier alpha value is -6.93. The number of hydrogen-bond acceptors (Lipinski definition) is 11. The smallest absolute Gasteiger partial charge is 0.308 e. The van der Waals surface area contributed by atoms with Crippen LogP contribution in [0.15, 0.2) is 101 Å². The van der Waals surface area contributed by atoms with E-state index >= 15 is 0 Å². The maximum atomic E-state index is 13.4. The zero-order valence-corrected chi connectivity index (χ0v) is 35.4. The van der Waals surface area contributed by atoms with Crippen molar-refractivity contribution in [1.82, 2.24) is 25.1 Å². The Morgan fingerprint density at radius 2 is 1.62 bits per heavy atom. The lowest BCUT2D eigenvalue weighted by atomic mass is 9.96. The summed E-state index contributed by atoms with van der Waals surface area (Å²) in [6.45, 7) is 7.45. The molecule has 0 aliphatic carbocycles. The molecule has 0 fully saturated rings. The molecule has 4 heterocycles. The first-order valence-electron chi connectivity index (χ1n) is 19.2. The number of aromatic amines is 1. The number of nitrogens with zero attached hydrogens (tertiary/aromatic N) is 5. The van der Waals surface area contributed by atoms with E-state index in [0.29, 0.717) is 44.9 Å². The molecule has 0 radical (unpaired) electrons. The summed E-state index contributed by atoms with van der Waals surface area (Å²) in [5.41, 5.74) is 8.39. The van der Waals surface area contributed by atoms with Crippen molar-refractivity contribution in [3.05, 3.63) is 147 Å². The molecule has 4 aromatic carbocycles. The van der Waals surface area contributed by atoms with Crippen molar-refractivity contribution >= 4 is 55.5 Å². The predicted molar refractivity (Wildman–Crippen MR) is 233 cm³/mol. The van der Waals surface area contributed by atoms with Gasteiger partial charge >= 0.3 is 5.97 Å².